The Morgan fingerprint density at radius 1 is 1.04 bits per heavy atom. The first-order valence-electron chi connectivity index (χ1n) is 8.64. The topological polar surface area (TPSA) is 54.9 Å². The highest BCUT2D eigenvalue weighted by Gasteiger charge is 2.15. The summed E-state index contributed by atoms with van der Waals surface area (Å²) >= 11 is 3.45. The third-order valence-electron chi connectivity index (χ3n) is 4.39. The van der Waals surface area contributed by atoms with Crippen molar-refractivity contribution in [3.05, 3.63) is 94.5 Å². The molecule has 2 aromatic carbocycles. The minimum Gasteiger partial charge on any atom is -0.348 e. The molecule has 0 saturated heterocycles. The number of aromatic nitrogens is 2. The first kappa shape index (κ1) is 18.3. The van der Waals surface area contributed by atoms with E-state index in [2.05, 4.69) is 31.2 Å². The third kappa shape index (κ3) is 3.77. The van der Waals surface area contributed by atoms with Crippen LogP contribution in [0.5, 0.6) is 0 Å². The molecule has 0 fully saturated rings. The number of nitrogens with one attached hydrogen (secondary N) is 1. The number of amides is 1. The van der Waals surface area contributed by atoms with Crippen LogP contribution in [0, 0.1) is 5.82 Å². The molecule has 0 atom stereocenters. The molecule has 1 N–H and O–H groups in total. The monoisotopic (exact) mass is 435 g/mol. The van der Waals surface area contributed by atoms with E-state index in [1.165, 1.54) is 6.07 Å². The molecule has 1 amide bonds. The average molecular weight is 436 g/mol. The maximum Gasteiger partial charge on any atom is 0.252 e. The summed E-state index contributed by atoms with van der Waals surface area (Å²) in [7, 11) is 0. The van der Waals surface area contributed by atoms with E-state index in [-0.39, 0.29) is 18.3 Å². The van der Waals surface area contributed by atoms with Gasteiger partial charge in [-0.2, -0.15) is 0 Å². The largest absolute Gasteiger partial charge is 0.348 e. The SMILES string of the molecule is O=C(NCc1ccccc1F)c1cc(-c2ccncc2)nc2ccc(Br)cc12. The van der Waals surface area contributed by atoms with Gasteiger partial charge in [0.05, 0.1) is 16.8 Å². The minimum absolute atomic E-state index is 0.105. The van der Waals surface area contributed by atoms with Gasteiger partial charge in [0.1, 0.15) is 5.82 Å². The zero-order valence-electron chi connectivity index (χ0n) is 14.7. The fourth-order valence-corrected chi connectivity index (χ4v) is 3.33. The van der Waals surface area contributed by atoms with E-state index in [0.717, 1.165) is 15.4 Å². The van der Waals surface area contributed by atoms with Gasteiger partial charge in [-0.25, -0.2) is 9.37 Å². The van der Waals surface area contributed by atoms with Gasteiger partial charge < -0.3 is 5.32 Å². The fourth-order valence-electron chi connectivity index (χ4n) is 2.97. The number of hydrogen-bond acceptors (Lipinski definition) is 3. The molecule has 4 nitrogen and oxygen atoms in total. The van der Waals surface area contributed by atoms with Crippen molar-refractivity contribution >= 4 is 32.7 Å². The second kappa shape index (κ2) is 7.86. The summed E-state index contributed by atoms with van der Waals surface area (Å²) in [5.41, 5.74) is 3.16. The van der Waals surface area contributed by atoms with Crippen LogP contribution >= 0.6 is 15.9 Å². The summed E-state index contributed by atoms with van der Waals surface area (Å²) in [5, 5.41) is 3.53. The summed E-state index contributed by atoms with van der Waals surface area (Å²) < 4.78 is 14.7. The van der Waals surface area contributed by atoms with Crippen LogP contribution < -0.4 is 5.32 Å². The Labute approximate surface area is 169 Å². The molecular weight excluding hydrogens is 421 g/mol. The summed E-state index contributed by atoms with van der Waals surface area (Å²) in [4.78, 5) is 21.6. The summed E-state index contributed by atoms with van der Waals surface area (Å²) in [6, 6.07) is 17.4. The summed E-state index contributed by atoms with van der Waals surface area (Å²) in [6.45, 7) is 0.105. The van der Waals surface area contributed by atoms with E-state index in [1.54, 1.807) is 36.7 Å². The molecule has 0 aliphatic rings. The van der Waals surface area contributed by atoms with Crippen LogP contribution in [0.3, 0.4) is 0 Å². The Bertz CT molecular complexity index is 1170. The molecular formula is C22H15BrFN3O. The molecule has 0 aliphatic heterocycles. The number of pyridine rings is 2. The van der Waals surface area contributed by atoms with Gasteiger partial charge >= 0.3 is 0 Å². The lowest BCUT2D eigenvalue weighted by Gasteiger charge is -2.11. The van der Waals surface area contributed by atoms with Crippen molar-refractivity contribution in [1.29, 1.82) is 0 Å². The fraction of sp³-hybridized carbons (Fsp3) is 0.0455. The highest BCUT2D eigenvalue weighted by Crippen LogP contribution is 2.27. The zero-order valence-corrected chi connectivity index (χ0v) is 16.3. The van der Waals surface area contributed by atoms with E-state index < -0.39 is 0 Å². The van der Waals surface area contributed by atoms with Crippen LogP contribution in [0.15, 0.2) is 77.5 Å². The molecule has 4 aromatic rings. The van der Waals surface area contributed by atoms with Gasteiger partial charge in [-0.05, 0) is 42.5 Å². The molecule has 0 radical (unpaired) electrons. The Kier molecular flexibility index (Phi) is 5.12. The number of carbonyl (C=O) groups is 1. The van der Waals surface area contributed by atoms with Crippen molar-refractivity contribution in [3.63, 3.8) is 0 Å². The van der Waals surface area contributed by atoms with E-state index in [4.69, 9.17) is 0 Å². The molecule has 2 heterocycles. The zero-order chi connectivity index (χ0) is 19.5. The summed E-state index contributed by atoms with van der Waals surface area (Å²) in [6.07, 6.45) is 3.36. The van der Waals surface area contributed by atoms with Crippen LogP contribution in [0.1, 0.15) is 15.9 Å². The second-order valence-electron chi connectivity index (χ2n) is 6.23. The molecule has 138 valence electrons. The van der Waals surface area contributed by atoms with E-state index in [1.807, 2.05) is 30.3 Å². The lowest BCUT2D eigenvalue weighted by Crippen LogP contribution is -2.23. The predicted octanol–water partition coefficient (Wildman–Crippen LogP) is 5.13. The average Bonchev–Trinajstić information content (AvgIpc) is 2.73. The highest BCUT2D eigenvalue weighted by molar-refractivity contribution is 9.10. The van der Waals surface area contributed by atoms with Gasteiger partial charge in [-0.3, -0.25) is 9.78 Å². The van der Waals surface area contributed by atoms with Crippen molar-refractivity contribution in [2.45, 2.75) is 6.54 Å². The Hall–Kier alpha value is -3.12. The number of nitrogens with zero attached hydrogens (tertiary/aromatic N) is 2. The third-order valence-corrected chi connectivity index (χ3v) is 4.88. The van der Waals surface area contributed by atoms with Gasteiger partial charge in [0, 0.05) is 39.9 Å². The van der Waals surface area contributed by atoms with E-state index in [9.17, 15) is 9.18 Å². The van der Waals surface area contributed by atoms with Gasteiger partial charge in [0.15, 0.2) is 0 Å². The van der Waals surface area contributed by atoms with Crippen molar-refractivity contribution in [2.24, 2.45) is 0 Å². The quantitative estimate of drug-likeness (QED) is 0.483. The standard InChI is InChI=1S/C22H15BrFN3O/c23-16-5-6-20-17(11-16)18(12-21(27-20)14-7-9-25-10-8-14)22(28)26-13-15-3-1-2-4-19(15)24/h1-12H,13H2,(H,26,28). The smallest absolute Gasteiger partial charge is 0.252 e. The van der Waals surface area contributed by atoms with Crippen LogP contribution in [-0.4, -0.2) is 15.9 Å². The van der Waals surface area contributed by atoms with E-state index >= 15 is 0 Å². The first-order chi connectivity index (χ1) is 13.6. The highest BCUT2D eigenvalue weighted by atomic mass is 79.9. The molecule has 6 heteroatoms. The number of carbonyl (C=O) groups excluding carboxylic acids is 1. The lowest BCUT2D eigenvalue weighted by molar-refractivity contribution is 0.0952. The number of halogens is 2. The molecule has 0 bridgehead atoms. The minimum atomic E-state index is -0.345. The van der Waals surface area contributed by atoms with Crippen LogP contribution in [-0.2, 0) is 6.54 Å². The van der Waals surface area contributed by atoms with Gasteiger partial charge in [-0.15, -0.1) is 0 Å². The predicted molar refractivity (Wildman–Crippen MR) is 110 cm³/mol. The Morgan fingerprint density at radius 2 is 1.82 bits per heavy atom. The number of hydrogen-bond donors (Lipinski definition) is 1. The molecule has 0 unspecified atom stereocenters. The molecule has 0 saturated carbocycles. The number of rotatable bonds is 4. The second-order valence-corrected chi connectivity index (χ2v) is 7.14. The Balaban J connectivity index is 1.74. The normalized spacial score (nSPS) is 10.8. The number of fused-ring (bicyclic) bond motifs is 1. The van der Waals surface area contributed by atoms with Gasteiger partial charge in [-0.1, -0.05) is 34.1 Å². The van der Waals surface area contributed by atoms with Gasteiger partial charge in [0.25, 0.3) is 5.91 Å². The van der Waals surface area contributed by atoms with Crippen molar-refractivity contribution in [2.75, 3.05) is 0 Å². The van der Waals surface area contributed by atoms with Gasteiger partial charge in [0.2, 0.25) is 0 Å². The molecule has 4 rings (SSSR count). The molecule has 28 heavy (non-hydrogen) atoms. The van der Waals surface area contributed by atoms with Crippen molar-refractivity contribution < 1.29 is 9.18 Å². The maximum absolute atomic E-state index is 13.9. The van der Waals surface area contributed by atoms with Crippen LogP contribution in [0.2, 0.25) is 0 Å². The first-order valence-corrected chi connectivity index (χ1v) is 9.43. The van der Waals surface area contributed by atoms with Crippen molar-refractivity contribution in [3.8, 4) is 11.3 Å². The Morgan fingerprint density at radius 3 is 2.61 bits per heavy atom. The summed E-state index contributed by atoms with van der Waals surface area (Å²) in [5.74, 6) is -0.633. The van der Waals surface area contributed by atoms with Crippen LogP contribution in [0.4, 0.5) is 4.39 Å². The number of benzene rings is 2. The molecule has 0 spiro atoms. The maximum atomic E-state index is 13.9. The van der Waals surface area contributed by atoms with Crippen LogP contribution in [0.25, 0.3) is 22.2 Å². The van der Waals surface area contributed by atoms with Crippen molar-refractivity contribution in [1.82, 2.24) is 15.3 Å². The molecule has 0 aliphatic carbocycles. The lowest BCUT2D eigenvalue weighted by atomic mass is 10.0. The molecule has 2 aromatic heterocycles. The van der Waals surface area contributed by atoms with E-state index in [0.29, 0.717) is 22.3 Å².